The van der Waals surface area contributed by atoms with Gasteiger partial charge in [0.2, 0.25) is 0 Å². The molecule has 18 heavy (non-hydrogen) atoms. The Hall–Kier alpha value is -1.87. The van der Waals surface area contributed by atoms with Gasteiger partial charge in [0.1, 0.15) is 0 Å². The van der Waals surface area contributed by atoms with Crippen LogP contribution in [-0.4, -0.2) is 15.2 Å². The molecule has 0 aliphatic carbocycles. The van der Waals surface area contributed by atoms with Gasteiger partial charge in [-0.2, -0.15) is 0 Å². The van der Waals surface area contributed by atoms with Crippen LogP contribution in [0.15, 0.2) is 30.3 Å². The molecule has 0 atom stereocenters. The molecule has 3 aromatic rings. The van der Waals surface area contributed by atoms with Crippen molar-refractivity contribution in [2.75, 3.05) is 0 Å². The quantitative estimate of drug-likeness (QED) is 0.718. The number of aromatic amines is 1. The van der Waals surface area contributed by atoms with Crippen molar-refractivity contribution in [1.29, 1.82) is 0 Å². The molecule has 0 aliphatic heterocycles. The second kappa shape index (κ2) is 4.10. The number of hydrogen-bond donors (Lipinski definition) is 1. The third kappa shape index (κ3) is 1.77. The van der Waals surface area contributed by atoms with Crippen molar-refractivity contribution < 1.29 is 0 Å². The average molecular weight is 258 g/mol. The summed E-state index contributed by atoms with van der Waals surface area (Å²) in [5.41, 5.74) is 5.37. The Bertz CT molecular complexity index is 714. The zero-order chi connectivity index (χ0) is 12.7. The second-order valence-corrected chi connectivity index (χ2v) is 4.80. The molecule has 2 aromatic heterocycles. The summed E-state index contributed by atoms with van der Waals surface area (Å²) in [6.07, 6.45) is 0. The molecule has 0 bridgehead atoms. The molecule has 0 radical (unpaired) electrons. The van der Waals surface area contributed by atoms with Crippen molar-refractivity contribution >= 4 is 22.5 Å². The van der Waals surface area contributed by atoms with Crippen LogP contribution in [-0.2, 0) is 0 Å². The molecule has 3 nitrogen and oxygen atoms in total. The third-order valence-corrected chi connectivity index (χ3v) is 3.23. The Morgan fingerprint density at radius 2 is 1.89 bits per heavy atom. The number of fused-ring (bicyclic) bond motifs is 1. The molecule has 3 rings (SSSR count). The van der Waals surface area contributed by atoms with Gasteiger partial charge >= 0.3 is 0 Å². The van der Waals surface area contributed by atoms with E-state index in [9.17, 15) is 0 Å². The van der Waals surface area contributed by atoms with Crippen LogP contribution in [0.5, 0.6) is 0 Å². The summed E-state index contributed by atoms with van der Waals surface area (Å²) in [4.78, 5) is 3.37. The number of H-pyrrole nitrogens is 1. The molecule has 0 amide bonds. The highest BCUT2D eigenvalue weighted by Gasteiger charge is 2.12. The van der Waals surface area contributed by atoms with E-state index in [1.54, 1.807) is 6.07 Å². The maximum absolute atomic E-state index is 5.77. The first-order chi connectivity index (χ1) is 8.65. The van der Waals surface area contributed by atoms with Crippen molar-refractivity contribution in [3.8, 4) is 11.3 Å². The number of aromatic nitrogens is 3. The van der Waals surface area contributed by atoms with E-state index >= 15 is 0 Å². The Morgan fingerprint density at radius 1 is 1.06 bits per heavy atom. The fourth-order valence-corrected chi connectivity index (χ4v) is 2.32. The normalized spacial score (nSPS) is 11.1. The number of aryl methyl sites for hydroxylation is 2. The van der Waals surface area contributed by atoms with Gasteiger partial charge in [0.15, 0.2) is 5.15 Å². The van der Waals surface area contributed by atoms with Crippen molar-refractivity contribution in [1.82, 2.24) is 15.2 Å². The number of halogens is 1. The molecule has 0 fully saturated rings. The molecule has 90 valence electrons. The van der Waals surface area contributed by atoms with Crippen LogP contribution in [0.3, 0.4) is 0 Å². The lowest BCUT2D eigenvalue weighted by Gasteiger charge is -2.00. The van der Waals surface area contributed by atoms with Gasteiger partial charge in [0, 0.05) is 22.2 Å². The Balaban J connectivity index is 2.30. The smallest absolute Gasteiger partial charge is 0.151 e. The van der Waals surface area contributed by atoms with E-state index in [4.69, 9.17) is 11.6 Å². The lowest BCUT2D eigenvalue weighted by Crippen LogP contribution is -1.88. The Kier molecular flexibility index (Phi) is 2.56. The minimum absolute atomic E-state index is 0.410. The van der Waals surface area contributed by atoms with Crippen molar-refractivity contribution in [2.24, 2.45) is 0 Å². The predicted molar refractivity (Wildman–Crippen MR) is 73.8 cm³/mol. The first-order valence-electron chi connectivity index (χ1n) is 5.73. The zero-order valence-corrected chi connectivity index (χ0v) is 10.9. The molecule has 0 unspecified atom stereocenters. The predicted octanol–water partition coefficient (Wildman–Crippen LogP) is 3.90. The average Bonchev–Trinajstić information content (AvgIpc) is 2.66. The standard InChI is InChI=1S/C14H12ClN3/c1-8-3-4-11-10(7-8)14(9(2)16-11)12-5-6-13(15)18-17-12/h3-7,16H,1-2H3. The van der Waals surface area contributed by atoms with E-state index in [2.05, 4.69) is 40.3 Å². The van der Waals surface area contributed by atoms with E-state index < -0.39 is 0 Å². The Morgan fingerprint density at radius 3 is 2.61 bits per heavy atom. The highest BCUT2D eigenvalue weighted by molar-refractivity contribution is 6.29. The number of rotatable bonds is 1. The summed E-state index contributed by atoms with van der Waals surface area (Å²) >= 11 is 5.77. The van der Waals surface area contributed by atoms with Crippen LogP contribution in [0.1, 0.15) is 11.3 Å². The molecule has 1 aromatic carbocycles. The van der Waals surface area contributed by atoms with Crippen LogP contribution in [0, 0.1) is 13.8 Å². The van der Waals surface area contributed by atoms with Gasteiger partial charge in [0.25, 0.3) is 0 Å². The molecular weight excluding hydrogens is 246 g/mol. The summed E-state index contributed by atoms with van der Waals surface area (Å²) in [6, 6.07) is 10.00. The number of nitrogens with one attached hydrogen (secondary N) is 1. The summed E-state index contributed by atoms with van der Waals surface area (Å²) in [7, 11) is 0. The fraction of sp³-hybridized carbons (Fsp3) is 0.143. The molecule has 0 saturated carbocycles. The third-order valence-electron chi connectivity index (χ3n) is 3.03. The largest absolute Gasteiger partial charge is 0.358 e. The monoisotopic (exact) mass is 257 g/mol. The number of hydrogen-bond acceptors (Lipinski definition) is 2. The second-order valence-electron chi connectivity index (χ2n) is 4.42. The van der Waals surface area contributed by atoms with Crippen molar-refractivity contribution in [3.63, 3.8) is 0 Å². The van der Waals surface area contributed by atoms with E-state index in [1.165, 1.54) is 10.9 Å². The van der Waals surface area contributed by atoms with E-state index in [-0.39, 0.29) is 0 Å². The van der Waals surface area contributed by atoms with Crippen molar-refractivity contribution in [2.45, 2.75) is 13.8 Å². The van der Waals surface area contributed by atoms with E-state index in [1.807, 2.05) is 13.0 Å². The van der Waals surface area contributed by atoms with Crippen LogP contribution in [0.2, 0.25) is 5.15 Å². The first-order valence-corrected chi connectivity index (χ1v) is 6.11. The number of benzene rings is 1. The van der Waals surface area contributed by atoms with Gasteiger partial charge in [-0.25, -0.2) is 0 Å². The highest BCUT2D eigenvalue weighted by Crippen LogP contribution is 2.31. The van der Waals surface area contributed by atoms with Gasteiger partial charge in [-0.3, -0.25) is 0 Å². The molecule has 1 N–H and O–H groups in total. The summed E-state index contributed by atoms with van der Waals surface area (Å²) in [5.74, 6) is 0. The van der Waals surface area contributed by atoms with Crippen LogP contribution in [0.4, 0.5) is 0 Å². The van der Waals surface area contributed by atoms with Gasteiger partial charge in [-0.15, -0.1) is 10.2 Å². The topological polar surface area (TPSA) is 41.6 Å². The lowest BCUT2D eigenvalue weighted by molar-refractivity contribution is 1.04. The molecule has 0 saturated heterocycles. The SMILES string of the molecule is Cc1ccc2[nH]c(C)c(-c3ccc(Cl)nn3)c2c1. The van der Waals surface area contributed by atoms with Gasteiger partial charge < -0.3 is 4.98 Å². The van der Waals surface area contributed by atoms with Crippen LogP contribution >= 0.6 is 11.6 Å². The number of nitrogens with zero attached hydrogens (tertiary/aromatic N) is 2. The zero-order valence-electron chi connectivity index (χ0n) is 10.2. The summed E-state index contributed by atoms with van der Waals surface area (Å²) < 4.78 is 0. The molecular formula is C14H12ClN3. The molecule has 0 spiro atoms. The van der Waals surface area contributed by atoms with E-state index in [0.717, 1.165) is 22.5 Å². The van der Waals surface area contributed by atoms with Gasteiger partial charge in [0.05, 0.1) is 5.69 Å². The van der Waals surface area contributed by atoms with Crippen LogP contribution in [0.25, 0.3) is 22.2 Å². The fourth-order valence-electron chi connectivity index (χ4n) is 2.22. The highest BCUT2D eigenvalue weighted by atomic mass is 35.5. The molecule has 0 aliphatic rings. The Labute approximate surface area is 110 Å². The van der Waals surface area contributed by atoms with Crippen molar-refractivity contribution in [3.05, 3.63) is 46.7 Å². The maximum Gasteiger partial charge on any atom is 0.151 e. The minimum Gasteiger partial charge on any atom is -0.358 e. The lowest BCUT2D eigenvalue weighted by atomic mass is 10.1. The molecule has 2 heterocycles. The van der Waals surface area contributed by atoms with Gasteiger partial charge in [-0.05, 0) is 38.1 Å². The van der Waals surface area contributed by atoms with E-state index in [0.29, 0.717) is 5.15 Å². The summed E-state index contributed by atoms with van der Waals surface area (Å²) in [5, 5.41) is 9.65. The minimum atomic E-state index is 0.410. The molecule has 4 heteroatoms. The first kappa shape index (κ1) is 11.2. The van der Waals surface area contributed by atoms with Crippen LogP contribution < -0.4 is 0 Å². The maximum atomic E-state index is 5.77. The summed E-state index contributed by atoms with van der Waals surface area (Å²) in [6.45, 7) is 4.13. The van der Waals surface area contributed by atoms with Gasteiger partial charge in [-0.1, -0.05) is 23.2 Å².